The van der Waals surface area contributed by atoms with Gasteiger partial charge < -0.3 is 9.84 Å². The first-order valence-electron chi connectivity index (χ1n) is 5.37. The summed E-state index contributed by atoms with van der Waals surface area (Å²) in [5.74, 6) is -0.398. The summed E-state index contributed by atoms with van der Waals surface area (Å²) < 4.78 is 40.2. The third-order valence-corrected chi connectivity index (χ3v) is 2.49. The number of hydrogen-bond donors (Lipinski definition) is 1. The molecular weight excluding hydrogens is 259 g/mol. The molecule has 0 amide bonds. The summed E-state index contributed by atoms with van der Waals surface area (Å²) >= 11 is 0. The van der Waals surface area contributed by atoms with Crippen LogP contribution in [0.2, 0.25) is 0 Å². The molecule has 0 unspecified atom stereocenters. The fraction of sp³-hybridized carbons (Fsp3) is 0.154. The van der Waals surface area contributed by atoms with E-state index in [1.165, 1.54) is 30.5 Å². The predicted octanol–water partition coefficient (Wildman–Crippen LogP) is 3.66. The van der Waals surface area contributed by atoms with Crippen LogP contribution >= 0.6 is 0 Å². The van der Waals surface area contributed by atoms with Gasteiger partial charge in [0.15, 0.2) is 0 Å². The molecule has 0 saturated heterocycles. The van der Waals surface area contributed by atoms with E-state index >= 15 is 0 Å². The van der Waals surface area contributed by atoms with Gasteiger partial charge in [-0.3, -0.25) is 4.98 Å². The minimum Gasteiger partial charge on any atom is -0.505 e. The van der Waals surface area contributed by atoms with E-state index < -0.39 is 6.36 Å². The van der Waals surface area contributed by atoms with E-state index in [4.69, 9.17) is 0 Å². The third kappa shape index (κ3) is 3.15. The molecular formula is C13H10F3NO2. The van der Waals surface area contributed by atoms with E-state index in [2.05, 4.69) is 9.72 Å². The summed E-state index contributed by atoms with van der Waals surface area (Å²) in [5.41, 5.74) is 1.23. The van der Waals surface area contributed by atoms with Crippen molar-refractivity contribution in [2.45, 2.75) is 13.3 Å². The number of hydrogen-bond acceptors (Lipinski definition) is 3. The van der Waals surface area contributed by atoms with Crippen LogP contribution in [0.4, 0.5) is 13.2 Å². The van der Waals surface area contributed by atoms with Crippen molar-refractivity contribution in [2.75, 3.05) is 0 Å². The summed E-state index contributed by atoms with van der Waals surface area (Å²) in [6, 6.07) is 6.93. The van der Waals surface area contributed by atoms with Crippen molar-refractivity contribution in [2.24, 2.45) is 0 Å². The Bertz CT molecular complexity index is 597. The molecule has 1 heterocycles. The Morgan fingerprint density at radius 1 is 1.21 bits per heavy atom. The van der Waals surface area contributed by atoms with Crippen molar-refractivity contribution < 1.29 is 23.0 Å². The fourth-order valence-corrected chi connectivity index (χ4v) is 1.65. The number of halogens is 3. The van der Waals surface area contributed by atoms with Gasteiger partial charge in [0.25, 0.3) is 0 Å². The largest absolute Gasteiger partial charge is 0.573 e. The maximum atomic E-state index is 12.1. The van der Waals surface area contributed by atoms with Gasteiger partial charge in [-0.05, 0) is 30.7 Å². The van der Waals surface area contributed by atoms with Crippen molar-refractivity contribution in [3.05, 3.63) is 42.2 Å². The maximum absolute atomic E-state index is 12.1. The number of aryl methyl sites for hydroxylation is 1. The molecule has 0 spiro atoms. The number of benzene rings is 1. The van der Waals surface area contributed by atoms with E-state index in [0.717, 1.165) is 0 Å². The molecule has 1 aromatic heterocycles. The van der Waals surface area contributed by atoms with E-state index in [9.17, 15) is 18.3 Å². The Morgan fingerprint density at radius 2 is 1.95 bits per heavy atom. The highest BCUT2D eigenvalue weighted by Crippen LogP contribution is 2.33. The smallest absolute Gasteiger partial charge is 0.505 e. The summed E-state index contributed by atoms with van der Waals surface area (Å²) in [6.07, 6.45) is -3.27. The third-order valence-electron chi connectivity index (χ3n) is 2.49. The van der Waals surface area contributed by atoms with Crippen LogP contribution in [0.25, 0.3) is 11.1 Å². The molecule has 0 bridgehead atoms. The average molecular weight is 269 g/mol. The lowest BCUT2D eigenvalue weighted by molar-refractivity contribution is -0.274. The molecule has 100 valence electrons. The molecule has 19 heavy (non-hydrogen) atoms. The summed E-state index contributed by atoms with van der Waals surface area (Å²) in [5, 5.41) is 9.85. The van der Waals surface area contributed by atoms with E-state index in [1.54, 1.807) is 13.0 Å². The first kappa shape index (κ1) is 13.2. The lowest BCUT2D eigenvalue weighted by Crippen LogP contribution is -2.17. The van der Waals surface area contributed by atoms with Crippen molar-refractivity contribution in [1.82, 2.24) is 4.98 Å². The van der Waals surface area contributed by atoms with Crippen LogP contribution in [0.1, 0.15) is 5.69 Å². The molecule has 1 aromatic carbocycles. The molecule has 6 heteroatoms. The number of rotatable bonds is 2. The standard InChI is InChI=1S/C13H10F3NO2/c1-8-12(18)11(5-6-17-8)9-3-2-4-10(7-9)19-13(14,15)16/h2-7,18H,1H3. The molecule has 0 saturated carbocycles. The van der Waals surface area contributed by atoms with Gasteiger partial charge in [0, 0.05) is 11.8 Å². The molecule has 0 fully saturated rings. The van der Waals surface area contributed by atoms with Gasteiger partial charge in [0.1, 0.15) is 11.5 Å². The van der Waals surface area contributed by atoms with Gasteiger partial charge in [0.2, 0.25) is 0 Å². The molecule has 2 aromatic rings. The van der Waals surface area contributed by atoms with Crippen molar-refractivity contribution >= 4 is 0 Å². The molecule has 3 nitrogen and oxygen atoms in total. The van der Waals surface area contributed by atoms with Gasteiger partial charge in [-0.25, -0.2) is 0 Å². The van der Waals surface area contributed by atoms with Crippen LogP contribution in [0.15, 0.2) is 36.5 Å². The van der Waals surface area contributed by atoms with Gasteiger partial charge >= 0.3 is 6.36 Å². The highest BCUT2D eigenvalue weighted by molar-refractivity contribution is 5.71. The number of pyridine rings is 1. The zero-order chi connectivity index (χ0) is 14.0. The van der Waals surface area contributed by atoms with Crippen LogP contribution in [0.5, 0.6) is 11.5 Å². The van der Waals surface area contributed by atoms with Crippen LogP contribution in [0.3, 0.4) is 0 Å². The Kier molecular flexibility index (Phi) is 3.33. The van der Waals surface area contributed by atoms with Crippen molar-refractivity contribution in [3.63, 3.8) is 0 Å². The fourth-order valence-electron chi connectivity index (χ4n) is 1.65. The van der Waals surface area contributed by atoms with Crippen molar-refractivity contribution in [3.8, 4) is 22.6 Å². The van der Waals surface area contributed by atoms with Gasteiger partial charge in [0.05, 0.1) is 5.69 Å². The molecule has 2 rings (SSSR count). The second-order valence-electron chi connectivity index (χ2n) is 3.87. The van der Waals surface area contributed by atoms with E-state index in [0.29, 0.717) is 16.8 Å². The molecule has 0 aliphatic heterocycles. The normalized spacial score (nSPS) is 11.4. The number of nitrogens with zero attached hydrogens (tertiary/aromatic N) is 1. The Hall–Kier alpha value is -2.24. The summed E-state index contributed by atoms with van der Waals surface area (Å²) in [4.78, 5) is 3.89. The summed E-state index contributed by atoms with van der Waals surface area (Å²) in [7, 11) is 0. The quantitative estimate of drug-likeness (QED) is 0.904. The number of ether oxygens (including phenoxy) is 1. The summed E-state index contributed by atoms with van der Waals surface area (Å²) in [6.45, 7) is 1.61. The van der Waals surface area contributed by atoms with Gasteiger partial charge in [-0.15, -0.1) is 13.2 Å². The molecule has 0 aliphatic carbocycles. The van der Waals surface area contributed by atoms with Gasteiger partial charge in [-0.1, -0.05) is 12.1 Å². The van der Waals surface area contributed by atoms with Crippen LogP contribution in [-0.2, 0) is 0 Å². The van der Waals surface area contributed by atoms with Crippen LogP contribution in [0, 0.1) is 6.92 Å². The van der Waals surface area contributed by atoms with Crippen molar-refractivity contribution in [1.29, 1.82) is 0 Å². The molecule has 0 radical (unpaired) electrons. The monoisotopic (exact) mass is 269 g/mol. The molecule has 0 atom stereocenters. The minimum absolute atomic E-state index is 0.0633. The first-order chi connectivity index (χ1) is 8.87. The average Bonchev–Trinajstić information content (AvgIpc) is 2.31. The Balaban J connectivity index is 2.41. The second-order valence-corrected chi connectivity index (χ2v) is 3.87. The molecule has 0 aliphatic rings. The Morgan fingerprint density at radius 3 is 2.63 bits per heavy atom. The zero-order valence-corrected chi connectivity index (χ0v) is 9.90. The number of aromatic nitrogens is 1. The number of alkyl halides is 3. The number of aromatic hydroxyl groups is 1. The van der Waals surface area contributed by atoms with Crippen LogP contribution in [-0.4, -0.2) is 16.5 Å². The molecule has 1 N–H and O–H groups in total. The van der Waals surface area contributed by atoms with E-state index in [1.807, 2.05) is 0 Å². The van der Waals surface area contributed by atoms with E-state index in [-0.39, 0.29) is 11.5 Å². The topological polar surface area (TPSA) is 42.4 Å². The minimum atomic E-state index is -4.74. The lowest BCUT2D eigenvalue weighted by Gasteiger charge is -2.11. The predicted molar refractivity (Wildman–Crippen MR) is 62.8 cm³/mol. The SMILES string of the molecule is Cc1nccc(-c2cccc(OC(F)(F)F)c2)c1O. The lowest BCUT2D eigenvalue weighted by atomic mass is 10.0. The van der Waals surface area contributed by atoms with Gasteiger partial charge in [-0.2, -0.15) is 0 Å². The highest BCUT2D eigenvalue weighted by atomic mass is 19.4. The van der Waals surface area contributed by atoms with Crippen LogP contribution < -0.4 is 4.74 Å². The Labute approximate surface area is 107 Å². The maximum Gasteiger partial charge on any atom is 0.573 e. The highest BCUT2D eigenvalue weighted by Gasteiger charge is 2.31. The zero-order valence-electron chi connectivity index (χ0n) is 9.90. The second kappa shape index (κ2) is 4.79. The first-order valence-corrected chi connectivity index (χ1v) is 5.37.